The van der Waals surface area contributed by atoms with E-state index in [1.165, 1.54) is 0 Å². The first kappa shape index (κ1) is 14.6. The van der Waals surface area contributed by atoms with Gasteiger partial charge in [0.2, 0.25) is 0 Å². The van der Waals surface area contributed by atoms with E-state index in [1.54, 1.807) is 18.2 Å². The SMILES string of the molecule is CNCCCNC(=O)c1ccc(-c2ccccc2Cl)o1. The number of nitrogens with one attached hydrogen (secondary N) is 2. The molecule has 20 heavy (non-hydrogen) atoms. The Labute approximate surface area is 123 Å². The largest absolute Gasteiger partial charge is 0.451 e. The van der Waals surface area contributed by atoms with Crippen LogP contribution in [0.25, 0.3) is 11.3 Å². The predicted molar refractivity (Wildman–Crippen MR) is 80.0 cm³/mol. The van der Waals surface area contributed by atoms with Crippen LogP contribution in [-0.4, -0.2) is 26.0 Å². The number of halogens is 1. The molecule has 0 spiro atoms. The molecule has 1 aromatic heterocycles. The van der Waals surface area contributed by atoms with Crippen LogP contribution in [-0.2, 0) is 0 Å². The summed E-state index contributed by atoms with van der Waals surface area (Å²) in [5.74, 6) is 0.680. The van der Waals surface area contributed by atoms with E-state index < -0.39 is 0 Å². The summed E-state index contributed by atoms with van der Waals surface area (Å²) in [6.07, 6.45) is 0.875. The Morgan fingerprint density at radius 3 is 2.75 bits per heavy atom. The van der Waals surface area contributed by atoms with Crippen LogP contribution in [0.3, 0.4) is 0 Å². The van der Waals surface area contributed by atoms with Crippen LogP contribution in [0.4, 0.5) is 0 Å². The predicted octanol–water partition coefficient (Wildman–Crippen LogP) is 2.94. The Kier molecular flexibility index (Phi) is 5.21. The smallest absolute Gasteiger partial charge is 0.287 e. The molecule has 0 fully saturated rings. The fraction of sp³-hybridized carbons (Fsp3) is 0.267. The molecule has 0 saturated carbocycles. The van der Waals surface area contributed by atoms with Crippen molar-refractivity contribution in [2.24, 2.45) is 0 Å². The molecule has 1 aromatic carbocycles. The number of benzene rings is 1. The molecule has 1 amide bonds. The number of hydrogen-bond donors (Lipinski definition) is 2. The van der Waals surface area contributed by atoms with E-state index in [-0.39, 0.29) is 5.91 Å². The minimum Gasteiger partial charge on any atom is -0.451 e. The number of rotatable bonds is 6. The zero-order valence-electron chi connectivity index (χ0n) is 11.3. The third kappa shape index (κ3) is 3.62. The molecule has 0 radical (unpaired) electrons. The van der Waals surface area contributed by atoms with Crippen molar-refractivity contribution in [3.8, 4) is 11.3 Å². The number of hydrogen-bond acceptors (Lipinski definition) is 3. The molecule has 0 atom stereocenters. The molecule has 0 aliphatic heterocycles. The van der Waals surface area contributed by atoms with Crippen LogP contribution < -0.4 is 10.6 Å². The Hall–Kier alpha value is -1.78. The van der Waals surface area contributed by atoms with Crippen molar-refractivity contribution in [3.63, 3.8) is 0 Å². The van der Waals surface area contributed by atoms with Gasteiger partial charge in [-0.3, -0.25) is 4.79 Å². The van der Waals surface area contributed by atoms with Gasteiger partial charge in [0.1, 0.15) is 5.76 Å². The fourth-order valence-electron chi connectivity index (χ4n) is 1.82. The van der Waals surface area contributed by atoms with Crippen molar-refractivity contribution in [1.82, 2.24) is 10.6 Å². The van der Waals surface area contributed by atoms with Crippen LogP contribution in [0, 0.1) is 0 Å². The first-order valence-corrected chi connectivity index (χ1v) is 6.87. The average molecular weight is 293 g/mol. The number of carbonyl (C=O) groups is 1. The van der Waals surface area contributed by atoms with Gasteiger partial charge < -0.3 is 15.1 Å². The number of furan rings is 1. The Morgan fingerprint density at radius 1 is 1.20 bits per heavy atom. The van der Waals surface area contributed by atoms with Crippen molar-refractivity contribution in [2.45, 2.75) is 6.42 Å². The highest BCUT2D eigenvalue weighted by molar-refractivity contribution is 6.33. The maximum absolute atomic E-state index is 11.9. The van der Waals surface area contributed by atoms with Gasteiger partial charge in [0.15, 0.2) is 5.76 Å². The minimum atomic E-state index is -0.209. The van der Waals surface area contributed by atoms with E-state index in [2.05, 4.69) is 10.6 Å². The van der Waals surface area contributed by atoms with E-state index in [0.717, 1.165) is 18.5 Å². The van der Waals surface area contributed by atoms with Gasteiger partial charge in [-0.25, -0.2) is 0 Å². The molecular formula is C15H17ClN2O2. The molecule has 0 bridgehead atoms. The molecule has 106 valence electrons. The third-order valence-corrected chi connectivity index (χ3v) is 3.19. The van der Waals surface area contributed by atoms with Crippen molar-refractivity contribution in [2.75, 3.05) is 20.1 Å². The molecule has 0 aliphatic rings. The van der Waals surface area contributed by atoms with Crippen LogP contribution in [0.15, 0.2) is 40.8 Å². The lowest BCUT2D eigenvalue weighted by atomic mass is 10.2. The lowest BCUT2D eigenvalue weighted by Gasteiger charge is -2.03. The standard InChI is InChI=1S/C15H17ClN2O2/c1-17-9-4-10-18-15(19)14-8-7-13(20-14)11-5-2-3-6-12(11)16/h2-3,5-8,17H,4,9-10H2,1H3,(H,18,19). The summed E-state index contributed by atoms with van der Waals surface area (Å²) in [4.78, 5) is 11.9. The van der Waals surface area contributed by atoms with Gasteiger partial charge >= 0.3 is 0 Å². The molecule has 0 saturated heterocycles. The van der Waals surface area contributed by atoms with Crippen LogP contribution in [0.1, 0.15) is 17.0 Å². The summed E-state index contributed by atoms with van der Waals surface area (Å²) in [6.45, 7) is 1.48. The first-order valence-electron chi connectivity index (χ1n) is 6.50. The zero-order valence-corrected chi connectivity index (χ0v) is 12.0. The van der Waals surface area contributed by atoms with E-state index in [0.29, 0.717) is 23.1 Å². The third-order valence-electron chi connectivity index (χ3n) is 2.86. The lowest BCUT2D eigenvalue weighted by molar-refractivity contribution is 0.0926. The van der Waals surface area contributed by atoms with Gasteiger partial charge in [0.05, 0.1) is 5.02 Å². The molecule has 2 aromatic rings. The molecule has 0 unspecified atom stereocenters. The number of carbonyl (C=O) groups excluding carboxylic acids is 1. The van der Waals surface area contributed by atoms with Crippen molar-refractivity contribution < 1.29 is 9.21 Å². The van der Waals surface area contributed by atoms with Crippen LogP contribution >= 0.6 is 11.6 Å². The molecule has 1 heterocycles. The molecule has 0 aliphatic carbocycles. The van der Waals surface area contributed by atoms with Gasteiger partial charge in [0.25, 0.3) is 5.91 Å². The average Bonchev–Trinajstić information content (AvgIpc) is 2.93. The fourth-order valence-corrected chi connectivity index (χ4v) is 2.05. The lowest BCUT2D eigenvalue weighted by Crippen LogP contribution is -2.26. The molecular weight excluding hydrogens is 276 g/mol. The normalized spacial score (nSPS) is 10.5. The summed E-state index contributed by atoms with van der Waals surface area (Å²) in [6, 6.07) is 10.8. The van der Waals surface area contributed by atoms with Crippen molar-refractivity contribution >= 4 is 17.5 Å². The topological polar surface area (TPSA) is 54.3 Å². The van der Waals surface area contributed by atoms with Gasteiger partial charge in [-0.15, -0.1) is 0 Å². The van der Waals surface area contributed by atoms with Crippen molar-refractivity contribution in [3.05, 3.63) is 47.2 Å². The van der Waals surface area contributed by atoms with Gasteiger partial charge in [-0.1, -0.05) is 23.7 Å². The maximum Gasteiger partial charge on any atom is 0.287 e. The van der Waals surface area contributed by atoms with E-state index >= 15 is 0 Å². The van der Waals surface area contributed by atoms with Crippen LogP contribution in [0.5, 0.6) is 0 Å². The minimum absolute atomic E-state index is 0.209. The quantitative estimate of drug-likeness (QED) is 0.805. The van der Waals surface area contributed by atoms with E-state index in [9.17, 15) is 4.79 Å². The highest BCUT2D eigenvalue weighted by Crippen LogP contribution is 2.28. The van der Waals surface area contributed by atoms with Gasteiger partial charge in [-0.05, 0) is 44.3 Å². The summed E-state index contributed by atoms with van der Waals surface area (Å²) in [7, 11) is 1.88. The second-order valence-corrected chi connectivity index (χ2v) is 4.76. The monoisotopic (exact) mass is 292 g/mol. The molecule has 2 rings (SSSR count). The second-order valence-electron chi connectivity index (χ2n) is 4.36. The summed E-state index contributed by atoms with van der Waals surface area (Å²) in [5.41, 5.74) is 0.781. The van der Waals surface area contributed by atoms with E-state index in [4.69, 9.17) is 16.0 Å². The van der Waals surface area contributed by atoms with E-state index in [1.807, 2.05) is 25.2 Å². The molecule has 5 heteroatoms. The summed E-state index contributed by atoms with van der Waals surface area (Å²) < 4.78 is 5.56. The number of amides is 1. The highest BCUT2D eigenvalue weighted by atomic mass is 35.5. The summed E-state index contributed by atoms with van der Waals surface area (Å²) in [5, 5.41) is 6.43. The maximum atomic E-state index is 11.9. The summed E-state index contributed by atoms with van der Waals surface area (Å²) >= 11 is 6.10. The Balaban J connectivity index is 2.02. The molecule has 2 N–H and O–H groups in total. The van der Waals surface area contributed by atoms with Gasteiger partial charge in [-0.2, -0.15) is 0 Å². The molecule has 4 nitrogen and oxygen atoms in total. The van der Waals surface area contributed by atoms with Crippen LogP contribution in [0.2, 0.25) is 5.02 Å². The first-order chi connectivity index (χ1) is 9.72. The second kappa shape index (κ2) is 7.12. The van der Waals surface area contributed by atoms with Crippen molar-refractivity contribution in [1.29, 1.82) is 0 Å². The Bertz CT molecular complexity index is 581. The zero-order chi connectivity index (χ0) is 14.4. The Morgan fingerprint density at radius 2 is 2.00 bits per heavy atom. The van der Waals surface area contributed by atoms with Gasteiger partial charge in [0, 0.05) is 12.1 Å². The highest BCUT2D eigenvalue weighted by Gasteiger charge is 2.13.